The Bertz CT molecular complexity index is 220. The topological polar surface area (TPSA) is 85.0 Å². The first-order chi connectivity index (χ1) is 6.66. The van der Waals surface area contributed by atoms with Gasteiger partial charge in [0.15, 0.2) is 0 Å². The van der Waals surface area contributed by atoms with E-state index in [0.717, 1.165) is 0 Å². The molecule has 1 saturated heterocycles. The third kappa shape index (κ3) is 2.49. The second-order valence-corrected chi connectivity index (χ2v) is 3.36. The van der Waals surface area contributed by atoms with E-state index >= 15 is 0 Å². The number of hydrogen-bond donors (Lipinski definition) is 1. The molecule has 14 heavy (non-hydrogen) atoms. The molecule has 2 atom stereocenters. The van der Waals surface area contributed by atoms with E-state index < -0.39 is 6.04 Å². The maximum Gasteiger partial charge on any atom is 0.239 e. The van der Waals surface area contributed by atoms with Gasteiger partial charge in [0.1, 0.15) is 6.54 Å². The summed E-state index contributed by atoms with van der Waals surface area (Å²) in [5.74, 6) is -0.151. The largest absolute Gasteiger partial charge is 0.377 e. The van der Waals surface area contributed by atoms with Crippen LogP contribution < -0.4 is 5.73 Å². The highest BCUT2D eigenvalue weighted by atomic mass is 16.5. The van der Waals surface area contributed by atoms with Crippen LogP contribution in [-0.4, -0.2) is 49.2 Å². The van der Waals surface area contributed by atoms with Crippen molar-refractivity contribution in [3.63, 3.8) is 0 Å². The van der Waals surface area contributed by atoms with Crippen LogP contribution in [0.4, 0.5) is 0 Å². The highest BCUT2D eigenvalue weighted by molar-refractivity contribution is 5.81. The van der Waals surface area contributed by atoms with Gasteiger partial charge in [0, 0.05) is 6.54 Å². The number of carbonyl (C=O) groups is 1. The van der Waals surface area contributed by atoms with Crippen LogP contribution in [0.1, 0.15) is 6.92 Å². The normalized spacial score (nSPS) is 24.4. The van der Waals surface area contributed by atoms with Crippen molar-refractivity contribution in [1.82, 2.24) is 4.90 Å². The monoisotopic (exact) mass is 201 g/mol. The molecule has 1 rings (SSSR count). The van der Waals surface area contributed by atoms with Gasteiger partial charge < -0.3 is 15.4 Å². The minimum atomic E-state index is -0.540. The van der Waals surface area contributed by atoms with Gasteiger partial charge in [0.05, 0.1) is 25.3 Å². The molecule has 1 aliphatic heterocycles. The Balaban J connectivity index is 2.61. The van der Waals surface area contributed by atoms with E-state index in [2.05, 4.69) is 5.18 Å². The number of ether oxygens (including phenoxy) is 1. The molecule has 0 saturated carbocycles. The second-order valence-electron chi connectivity index (χ2n) is 3.36. The van der Waals surface area contributed by atoms with Crippen LogP contribution in [0.25, 0.3) is 0 Å². The molecule has 1 heterocycles. The molecule has 2 N–H and O–H groups in total. The fourth-order valence-electron chi connectivity index (χ4n) is 1.44. The number of nitroso groups, excluding NO2 is 1. The number of hydrogen-bond acceptors (Lipinski definition) is 5. The summed E-state index contributed by atoms with van der Waals surface area (Å²) in [4.78, 5) is 23.3. The fourth-order valence-corrected chi connectivity index (χ4v) is 1.44. The smallest absolute Gasteiger partial charge is 0.239 e. The average molecular weight is 201 g/mol. The Morgan fingerprint density at radius 3 is 3.07 bits per heavy atom. The van der Waals surface area contributed by atoms with Gasteiger partial charge in [0.2, 0.25) is 5.91 Å². The van der Waals surface area contributed by atoms with E-state index in [9.17, 15) is 9.70 Å². The van der Waals surface area contributed by atoms with Gasteiger partial charge in [-0.1, -0.05) is 5.18 Å². The molecule has 0 aromatic rings. The van der Waals surface area contributed by atoms with E-state index in [1.54, 1.807) is 11.8 Å². The Labute approximate surface area is 82.4 Å². The summed E-state index contributed by atoms with van der Waals surface area (Å²) < 4.78 is 5.16. The van der Waals surface area contributed by atoms with Crippen LogP contribution >= 0.6 is 0 Å². The number of amides is 1. The highest BCUT2D eigenvalue weighted by Crippen LogP contribution is 2.08. The minimum Gasteiger partial charge on any atom is -0.377 e. The lowest BCUT2D eigenvalue weighted by Crippen LogP contribution is -2.54. The van der Waals surface area contributed by atoms with Gasteiger partial charge in [-0.2, -0.15) is 4.91 Å². The van der Waals surface area contributed by atoms with E-state index in [1.807, 2.05) is 0 Å². The maximum absolute atomic E-state index is 11.6. The zero-order chi connectivity index (χ0) is 10.6. The predicted octanol–water partition coefficient (Wildman–Crippen LogP) is -0.673. The molecule has 6 nitrogen and oxygen atoms in total. The highest BCUT2D eigenvalue weighted by Gasteiger charge is 2.28. The summed E-state index contributed by atoms with van der Waals surface area (Å²) in [5.41, 5.74) is 5.48. The van der Waals surface area contributed by atoms with Crippen molar-refractivity contribution in [3.8, 4) is 0 Å². The summed E-state index contributed by atoms with van der Waals surface area (Å²) in [6.07, 6.45) is 0. The lowest BCUT2D eigenvalue weighted by Gasteiger charge is -2.35. The van der Waals surface area contributed by atoms with Gasteiger partial charge in [-0.25, -0.2) is 0 Å². The first kappa shape index (κ1) is 11.1. The Kier molecular flexibility index (Phi) is 3.97. The van der Waals surface area contributed by atoms with Crippen molar-refractivity contribution in [2.45, 2.75) is 19.0 Å². The fraction of sp³-hybridized carbons (Fsp3) is 0.875. The zero-order valence-corrected chi connectivity index (χ0v) is 8.18. The van der Waals surface area contributed by atoms with Crippen molar-refractivity contribution >= 4 is 5.91 Å². The van der Waals surface area contributed by atoms with Crippen LogP contribution in [-0.2, 0) is 9.53 Å². The molecular formula is C8H15N3O3. The molecule has 0 radical (unpaired) electrons. The van der Waals surface area contributed by atoms with Crippen LogP contribution in [0, 0.1) is 4.91 Å². The molecule has 1 fully saturated rings. The van der Waals surface area contributed by atoms with Crippen molar-refractivity contribution in [1.29, 1.82) is 0 Å². The Morgan fingerprint density at radius 2 is 2.50 bits per heavy atom. The lowest BCUT2D eigenvalue weighted by molar-refractivity contribution is -0.140. The van der Waals surface area contributed by atoms with E-state index in [0.29, 0.717) is 19.8 Å². The third-order valence-electron chi connectivity index (χ3n) is 2.19. The quantitative estimate of drug-likeness (QED) is 0.613. The number of carbonyl (C=O) groups excluding carboxylic acids is 1. The van der Waals surface area contributed by atoms with Crippen LogP contribution in [0.5, 0.6) is 0 Å². The summed E-state index contributed by atoms with van der Waals surface area (Å²) >= 11 is 0. The van der Waals surface area contributed by atoms with Crippen molar-refractivity contribution in [3.05, 3.63) is 4.91 Å². The summed E-state index contributed by atoms with van der Waals surface area (Å²) in [5, 5.41) is 2.79. The summed E-state index contributed by atoms with van der Waals surface area (Å²) in [6, 6.07) is -0.790. The van der Waals surface area contributed by atoms with Crippen molar-refractivity contribution in [2.75, 3.05) is 26.3 Å². The van der Waals surface area contributed by atoms with E-state index in [-0.39, 0.29) is 18.5 Å². The van der Waals surface area contributed by atoms with Crippen LogP contribution in [0.3, 0.4) is 0 Å². The van der Waals surface area contributed by atoms with Gasteiger partial charge >= 0.3 is 0 Å². The number of nitrogens with zero attached hydrogens (tertiary/aromatic N) is 2. The molecule has 0 spiro atoms. The van der Waals surface area contributed by atoms with Gasteiger partial charge in [-0.15, -0.1) is 0 Å². The molecule has 0 aromatic carbocycles. The molecule has 1 aliphatic rings. The molecule has 0 unspecified atom stereocenters. The third-order valence-corrected chi connectivity index (χ3v) is 2.19. The molecular weight excluding hydrogens is 186 g/mol. The Hall–Kier alpha value is -1.01. The van der Waals surface area contributed by atoms with Crippen LogP contribution in [0.15, 0.2) is 5.18 Å². The molecule has 0 aromatic heterocycles. The average Bonchev–Trinajstić information content (AvgIpc) is 2.18. The first-order valence-electron chi connectivity index (χ1n) is 4.59. The number of morpholine rings is 1. The molecule has 0 bridgehead atoms. The Morgan fingerprint density at radius 1 is 1.79 bits per heavy atom. The predicted molar refractivity (Wildman–Crippen MR) is 50.6 cm³/mol. The molecule has 80 valence electrons. The molecule has 0 aliphatic carbocycles. The number of nitrogens with two attached hydrogens (primary N) is 1. The van der Waals surface area contributed by atoms with E-state index in [4.69, 9.17) is 10.5 Å². The van der Waals surface area contributed by atoms with Crippen molar-refractivity contribution < 1.29 is 9.53 Å². The second kappa shape index (κ2) is 5.02. The lowest BCUT2D eigenvalue weighted by atomic mass is 10.2. The SMILES string of the molecule is C[C@H](N)C(=O)N1CCOC[C@H]1CN=O. The summed E-state index contributed by atoms with van der Waals surface area (Å²) in [7, 11) is 0. The molecule has 6 heteroatoms. The standard InChI is InChI=1S/C8H15N3O3/c1-6(9)8(12)11-2-3-14-5-7(11)4-10-13/h6-7H,2-5,9H2,1H3/t6-,7+/m0/s1. The number of rotatable bonds is 3. The van der Waals surface area contributed by atoms with Gasteiger partial charge in [-0.3, -0.25) is 4.79 Å². The molecule has 1 amide bonds. The van der Waals surface area contributed by atoms with Gasteiger partial charge in [0.25, 0.3) is 0 Å². The van der Waals surface area contributed by atoms with Crippen LogP contribution in [0.2, 0.25) is 0 Å². The first-order valence-corrected chi connectivity index (χ1v) is 4.59. The van der Waals surface area contributed by atoms with E-state index in [1.165, 1.54) is 0 Å². The van der Waals surface area contributed by atoms with Gasteiger partial charge in [-0.05, 0) is 6.92 Å². The zero-order valence-electron chi connectivity index (χ0n) is 8.18. The minimum absolute atomic E-state index is 0.0679. The maximum atomic E-state index is 11.6. The van der Waals surface area contributed by atoms with Crippen molar-refractivity contribution in [2.24, 2.45) is 10.9 Å². The summed E-state index contributed by atoms with van der Waals surface area (Å²) in [6.45, 7) is 3.04.